The van der Waals surface area contributed by atoms with Gasteiger partial charge in [0, 0.05) is 13.7 Å². The van der Waals surface area contributed by atoms with Crippen molar-refractivity contribution in [3.8, 4) is 0 Å². The third-order valence-electron chi connectivity index (χ3n) is 1.74. The number of carbonyl (C=O) groups excluding carboxylic acids is 1. The second-order valence-corrected chi connectivity index (χ2v) is 3.05. The summed E-state index contributed by atoms with van der Waals surface area (Å²) < 4.78 is 9.52. The summed E-state index contributed by atoms with van der Waals surface area (Å²) in [5.74, 6) is -0.222. The van der Waals surface area contributed by atoms with Crippen LogP contribution in [0, 0.1) is 10.1 Å². The Bertz CT molecular complexity index is 442. The molecule has 0 aliphatic rings. The van der Waals surface area contributed by atoms with Gasteiger partial charge in [-0.2, -0.15) is 5.10 Å². The first-order valence-corrected chi connectivity index (χ1v) is 4.93. The van der Waals surface area contributed by atoms with Gasteiger partial charge in [-0.3, -0.25) is 10.1 Å². The van der Waals surface area contributed by atoms with Crippen LogP contribution in [0.1, 0.15) is 5.76 Å². The minimum Gasteiger partial charge on any atom is -0.400 e. The van der Waals surface area contributed by atoms with Crippen molar-refractivity contribution in [2.75, 3.05) is 20.3 Å². The van der Waals surface area contributed by atoms with E-state index in [1.807, 2.05) is 0 Å². The fourth-order valence-corrected chi connectivity index (χ4v) is 0.970. The Kier molecular flexibility index (Phi) is 5.32. The lowest BCUT2D eigenvalue weighted by Crippen LogP contribution is -2.34. The molecule has 0 saturated carbocycles. The standard InChI is InChI=1S/C9H12N4O5/c1-17-5-4-10-9(14)12-11-6-7-2-3-8(18-7)13(15)16/h2-3,6H,4-5H2,1H3,(H2,10,12,14)/b11-6+. The maximum absolute atomic E-state index is 11.1. The summed E-state index contributed by atoms with van der Waals surface area (Å²) in [7, 11) is 1.52. The Labute approximate surface area is 102 Å². The number of hydrogen-bond acceptors (Lipinski definition) is 6. The highest BCUT2D eigenvalue weighted by molar-refractivity contribution is 5.79. The summed E-state index contributed by atoms with van der Waals surface area (Å²) in [5, 5.41) is 16.3. The maximum Gasteiger partial charge on any atom is 0.433 e. The van der Waals surface area contributed by atoms with Crippen molar-refractivity contribution in [3.05, 3.63) is 28.0 Å². The number of ether oxygens (including phenoxy) is 1. The number of nitrogens with zero attached hydrogens (tertiary/aromatic N) is 2. The molecule has 98 valence electrons. The fourth-order valence-electron chi connectivity index (χ4n) is 0.970. The Hall–Kier alpha value is -2.42. The van der Waals surface area contributed by atoms with Gasteiger partial charge < -0.3 is 14.5 Å². The summed E-state index contributed by atoms with van der Waals surface area (Å²) in [6.07, 6.45) is 1.16. The van der Waals surface area contributed by atoms with E-state index in [0.29, 0.717) is 13.2 Å². The largest absolute Gasteiger partial charge is 0.433 e. The van der Waals surface area contributed by atoms with Gasteiger partial charge in [-0.15, -0.1) is 0 Å². The van der Waals surface area contributed by atoms with Gasteiger partial charge >= 0.3 is 11.9 Å². The van der Waals surface area contributed by atoms with Gasteiger partial charge in [0.15, 0.2) is 5.76 Å². The molecule has 1 rings (SSSR count). The first kappa shape index (κ1) is 13.6. The quantitative estimate of drug-likeness (QED) is 0.332. The number of hydrazone groups is 1. The molecule has 2 amide bonds. The molecule has 0 saturated heterocycles. The zero-order valence-corrected chi connectivity index (χ0v) is 9.58. The van der Waals surface area contributed by atoms with Crippen molar-refractivity contribution in [1.82, 2.24) is 10.7 Å². The molecular weight excluding hydrogens is 244 g/mol. The zero-order chi connectivity index (χ0) is 13.4. The second kappa shape index (κ2) is 7.01. The number of rotatable bonds is 6. The van der Waals surface area contributed by atoms with Crippen molar-refractivity contribution in [2.45, 2.75) is 0 Å². The van der Waals surface area contributed by atoms with Crippen LogP contribution < -0.4 is 10.7 Å². The number of furan rings is 1. The summed E-state index contributed by atoms with van der Waals surface area (Å²) in [6.45, 7) is 0.742. The topological polar surface area (TPSA) is 119 Å². The van der Waals surface area contributed by atoms with Gasteiger partial charge in [0.25, 0.3) is 0 Å². The Morgan fingerprint density at radius 2 is 2.44 bits per heavy atom. The Balaban J connectivity index is 2.35. The van der Waals surface area contributed by atoms with Crippen LogP contribution in [0.5, 0.6) is 0 Å². The average molecular weight is 256 g/mol. The molecule has 0 bridgehead atoms. The number of hydrogen-bond donors (Lipinski definition) is 2. The van der Waals surface area contributed by atoms with Crippen LogP contribution in [0.15, 0.2) is 21.7 Å². The normalized spacial score (nSPS) is 10.5. The van der Waals surface area contributed by atoms with Crippen molar-refractivity contribution in [2.24, 2.45) is 5.10 Å². The SMILES string of the molecule is COCCNC(=O)N/N=C/c1ccc([N+](=O)[O-])o1. The Morgan fingerprint density at radius 3 is 3.06 bits per heavy atom. The van der Waals surface area contributed by atoms with Gasteiger partial charge in [0.1, 0.15) is 4.92 Å². The van der Waals surface area contributed by atoms with Crippen molar-refractivity contribution >= 4 is 18.1 Å². The molecule has 9 heteroatoms. The minimum absolute atomic E-state index is 0.166. The molecule has 18 heavy (non-hydrogen) atoms. The van der Waals surface area contributed by atoms with Crippen molar-refractivity contribution in [3.63, 3.8) is 0 Å². The number of nitro groups is 1. The van der Waals surface area contributed by atoms with Gasteiger partial charge in [0.2, 0.25) is 0 Å². The third-order valence-corrected chi connectivity index (χ3v) is 1.74. The molecule has 0 aromatic carbocycles. The summed E-state index contributed by atoms with van der Waals surface area (Å²) in [6, 6.07) is 2.05. The van der Waals surface area contributed by atoms with Gasteiger partial charge in [-0.05, 0) is 6.07 Å². The molecule has 0 atom stereocenters. The molecule has 0 fully saturated rings. The lowest BCUT2D eigenvalue weighted by Gasteiger charge is -2.01. The van der Waals surface area contributed by atoms with Crippen LogP contribution in [0.2, 0.25) is 0 Å². The van der Waals surface area contributed by atoms with Crippen LogP contribution in [-0.2, 0) is 4.74 Å². The number of carbonyl (C=O) groups is 1. The van der Waals surface area contributed by atoms with Crippen LogP contribution in [0.3, 0.4) is 0 Å². The van der Waals surface area contributed by atoms with E-state index < -0.39 is 11.0 Å². The van der Waals surface area contributed by atoms with E-state index in [4.69, 9.17) is 9.15 Å². The first-order valence-electron chi connectivity index (χ1n) is 4.93. The van der Waals surface area contributed by atoms with Crippen molar-refractivity contribution in [1.29, 1.82) is 0 Å². The van der Waals surface area contributed by atoms with Gasteiger partial charge in [-0.1, -0.05) is 0 Å². The van der Waals surface area contributed by atoms with Crippen LogP contribution in [-0.4, -0.2) is 37.4 Å². The molecule has 1 aromatic rings. The van der Waals surface area contributed by atoms with Crippen molar-refractivity contribution < 1.29 is 18.9 Å². The average Bonchev–Trinajstić information content (AvgIpc) is 2.78. The molecule has 0 spiro atoms. The van der Waals surface area contributed by atoms with E-state index in [2.05, 4.69) is 15.8 Å². The lowest BCUT2D eigenvalue weighted by atomic mass is 10.5. The summed E-state index contributed by atoms with van der Waals surface area (Å²) in [4.78, 5) is 20.7. The second-order valence-electron chi connectivity index (χ2n) is 3.05. The lowest BCUT2D eigenvalue weighted by molar-refractivity contribution is -0.402. The van der Waals surface area contributed by atoms with Gasteiger partial charge in [0.05, 0.1) is 18.9 Å². The van der Waals surface area contributed by atoms with E-state index in [0.717, 1.165) is 6.21 Å². The smallest absolute Gasteiger partial charge is 0.400 e. The van der Waals surface area contributed by atoms with Crippen LogP contribution >= 0.6 is 0 Å². The monoisotopic (exact) mass is 256 g/mol. The molecule has 9 nitrogen and oxygen atoms in total. The van der Waals surface area contributed by atoms with E-state index >= 15 is 0 Å². The van der Waals surface area contributed by atoms with E-state index in [1.165, 1.54) is 19.2 Å². The molecule has 0 aliphatic carbocycles. The number of amides is 2. The molecule has 2 N–H and O–H groups in total. The maximum atomic E-state index is 11.1. The molecule has 0 radical (unpaired) electrons. The highest BCUT2D eigenvalue weighted by atomic mass is 16.6. The summed E-state index contributed by atoms with van der Waals surface area (Å²) in [5.41, 5.74) is 2.16. The van der Waals surface area contributed by atoms with Crippen LogP contribution in [0.4, 0.5) is 10.7 Å². The van der Waals surface area contributed by atoms with Crippen LogP contribution in [0.25, 0.3) is 0 Å². The van der Waals surface area contributed by atoms with E-state index in [1.54, 1.807) is 0 Å². The third kappa shape index (κ3) is 4.61. The number of nitrogens with one attached hydrogen (secondary N) is 2. The highest BCUT2D eigenvalue weighted by Crippen LogP contribution is 2.13. The predicted molar refractivity (Wildman–Crippen MR) is 61.4 cm³/mol. The van der Waals surface area contributed by atoms with E-state index in [9.17, 15) is 14.9 Å². The summed E-state index contributed by atoms with van der Waals surface area (Å²) >= 11 is 0. The fraction of sp³-hybridized carbons (Fsp3) is 0.333. The first-order chi connectivity index (χ1) is 8.63. The molecule has 0 aliphatic heterocycles. The number of urea groups is 1. The molecular formula is C9H12N4O5. The number of methoxy groups -OCH3 is 1. The molecule has 1 aromatic heterocycles. The van der Waals surface area contributed by atoms with E-state index in [-0.39, 0.29) is 11.6 Å². The molecule has 0 unspecified atom stereocenters. The zero-order valence-electron chi connectivity index (χ0n) is 9.58. The Morgan fingerprint density at radius 1 is 1.67 bits per heavy atom. The minimum atomic E-state index is -0.664. The molecule has 1 heterocycles. The highest BCUT2D eigenvalue weighted by Gasteiger charge is 2.10. The van der Waals surface area contributed by atoms with Gasteiger partial charge in [-0.25, -0.2) is 10.2 Å². The predicted octanol–water partition coefficient (Wildman–Crippen LogP) is 0.467.